The lowest BCUT2D eigenvalue weighted by Gasteiger charge is -2.29. The molecule has 1 rings (SSSR count). The molecule has 5 nitrogen and oxygen atoms in total. The zero-order valence-corrected chi connectivity index (χ0v) is 14.4. The number of hydrogen-bond acceptors (Lipinski definition) is 4. The highest BCUT2D eigenvalue weighted by molar-refractivity contribution is 5.76. The molecule has 5 heteroatoms. The van der Waals surface area contributed by atoms with Crippen molar-refractivity contribution in [3.8, 4) is 0 Å². The highest BCUT2D eigenvalue weighted by Gasteiger charge is 2.40. The third-order valence-electron chi connectivity index (χ3n) is 3.92. The summed E-state index contributed by atoms with van der Waals surface area (Å²) in [6.45, 7) is 9.98. The van der Waals surface area contributed by atoms with Crippen LogP contribution in [0.4, 0.5) is 0 Å². The molecule has 0 radical (unpaired) electrons. The van der Waals surface area contributed by atoms with Crippen LogP contribution in [-0.2, 0) is 14.3 Å². The van der Waals surface area contributed by atoms with Crippen LogP contribution < -0.4 is 10.6 Å². The first-order valence-corrected chi connectivity index (χ1v) is 8.21. The fourth-order valence-electron chi connectivity index (χ4n) is 3.17. The Balaban J connectivity index is 2.89. The molecule has 0 aliphatic carbocycles. The van der Waals surface area contributed by atoms with E-state index in [0.717, 1.165) is 6.42 Å². The van der Waals surface area contributed by atoms with Gasteiger partial charge >= 0.3 is 5.97 Å². The minimum absolute atomic E-state index is 0.0122. The van der Waals surface area contributed by atoms with Gasteiger partial charge in [0.1, 0.15) is 6.04 Å². The SMILES string of the molecule is C/C=C\[C@@H]1C[C@H](C(=O)OCC)N[C@H]1[C@H](CC(C)C)NC(C)=O. The topological polar surface area (TPSA) is 67.4 Å². The second-order valence-corrected chi connectivity index (χ2v) is 6.36. The summed E-state index contributed by atoms with van der Waals surface area (Å²) in [7, 11) is 0. The Bertz CT molecular complexity index is 407. The van der Waals surface area contributed by atoms with Crippen LogP contribution >= 0.6 is 0 Å². The first-order valence-electron chi connectivity index (χ1n) is 8.21. The van der Waals surface area contributed by atoms with Crippen LogP contribution in [0.1, 0.15) is 47.5 Å². The Kier molecular flexibility index (Phi) is 7.59. The van der Waals surface area contributed by atoms with Gasteiger partial charge in [-0.3, -0.25) is 14.9 Å². The third kappa shape index (κ3) is 5.44. The lowest BCUT2D eigenvalue weighted by Crippen LogP contribution is -2.51. The van der Waals surface area contributed by atoms with Gasteiger partial charge in [-0.25, -0.2) is 0 Å². The van der Waals surface area contributed by atoms with E-state index in [-0.39, 0.29) is 35.9 Å². The van der Waals surface area contributed by atoms with Gasteiger partial charge in [-0.2, -0.15) is 0 Å². The van der Waals surface area contributed by atoms with Crippen molar-refractivity contribution in [3.63, 3.8) is 0 Å². The molecule has 1 saturated heterocycles. The fraction of sp³-hybridized carbons (Fsp3) is 0.765. The van der Waals surface area contributed by atoms with E-state index in [0.29, 0.717) is 18.9 Å². The Labute approximate surface area is 133 Å². The highest BCUT2D eigenvalue weighted by atomic mass is 16.5. The van der Waals surface area contributed by atoms with Crippen molar-refractivity contribution >= 4 is 11.9 Å². The summed E-state index contributed by atoms with van der Waals surface area (Å²) in [6, 6.07) is -0.232. The van der Waals surface area contributed by atoms with E-state index in [1.54, 1.807) is 0 Å². The number of rotatable bonds is 7. The molecule has 0 unspecified atom stereocenters. The van der Waals surface area contributed by atoms with Gasteiger partial charge in [0, 0.05) is 19.0 Å². The van der Waals surface area contributed by atoms with Gasteiger partial charge in [0.05, 0.1) is 6.61 Å². The zero-order chi connectivity index (χ0) is 16.7. The van der Waals surface area contributed by atoms with Gasteiger partial charge in [-0.15, -0.1) is 0 Å². The van der Waals surface area contributed by atoms with Crippen molar-refractivity contribution in [1.29, 1.82) is 0 Å². The van der Waals surface area contributed by atoms with Gasteiger partial charge in [0.15, 0.2) is 0 Å². The van der Waals surface area contributed by atoms with E-state index < -0.39 is 0 Å². The minimum Gasteiger partial charge on any atom is -0.465 e. The summed E-state index contributed by atoms with van der Waals surface area (Å²) in [5, 5.41) is 6.43. The monoisotopic (exact) mass is 310 g/mol. The highest BCUT2D eigenvalue weighted by Crippen LogP contribution is 2.27. The molecule has 0 saturated carbocycles. The molecule has 22 heavy (non-hydrogen) atoms. The van der Waals surface area contributed by atoms with Crippen LogP contribution in [0.25, 0.3) is 0 Å². The molecule has 1 fully saturated rings. The van der Waals surface area contributed by atoms with E-state index in [2.05, 4.69) is 30.6 Å². The summed E-state index contributed by atoms with van der Waals surface area (Å²) in [4.78, 5) is 23.5. The summed E-state index contributed by atoms with van der Waals surface area (Å²) in [5.74, 6) is 0.443. The number of hydrogen-bond donors (Lipinski definition) is 2. The van der Waals surface area contributed by atoms with Gasteiger partial charge in [-0.1, -0.05) is 26.0 Å². The molecule has 0 aromatic heterocycles. The maximum atomic E-state index is 12.0. The molecule has 1 amide bonds. The van der Waals surface area contributed by atoms with Crippen LogP contribution in [0, 0.1) is 11.8 Å². The first kappa shape index (κ1) is 18.7. The molecule has 126 valence electrons. The predicted molar refractivity (Wildman–Crippen MR) is 87.3 cm³/mol. The number of carbonyl (C=O) groups excluding carboxylic acids is 2. The maximum Gasteiger partial charge on any atom is 0.323 e. The number of esters is 1. The van der Waals surface area contributed by atoms with Crippen LogP contribution in [0.15, 0.2) is 12.2 Å². The maximum absolute atomic E-state index is 12.0. The van der Waals surface area contributed by atoms with E-state index >= 15 is 0 Å². The van der Waals surface area contributed by atoms with E-state index in [4.69, 9.17) is 4.74 Å². The van der Waals surface area contributed by atoms with Gasteiger partial charge < -0.3 is 10.1 Å². The van der Waals surface area contributed by atoms with Crippen LogP contribution in [0.3, 0.4) is 0 Å². The van der Waals surface area contributed by atoms with Gasteiger partial charge in [0.2, 0.25) is 5.91 Å². The largest absolute Gasteiger partial charge is 0.465 e. The average molecular weight is 310 g/mol. The predicted octanol–water partition coefficient (Wildman–Crippen LogP) is 2.02. The summed E-state index contributed by atoms with van der Waals surface area (Å²) < 4.78 is 5.13. The van der Waals surface area contributed by atoms with E-state index in [9.17, 15) is 9.59 Å². The number of carbonyl (C=O) groups is 2. The Hall–Kier alpha value is -1.36. The van der Waals surface area contributed by atoms with E-state index in [1.807, 2.05) is 19.9 Å². The standard InChI is InChI=1S/C17H30N2O3/c1-6-8-13-10-15(17(21)22-7-2)19-16(13)14(9-11(3)4)18-12(5)20/h6,8,11,13-16,19H,7,9-10H2,1-5H3,(H,18,20)/b8-6-/t13-,14+,15-,16-/m1/s1. The summed E-state index contributed by atoms with van der Waals surface area (Å²) in [6.07, 6.45) is 5.71. The third-order valence-corrected chi connectivity index (χ3v) is 3.92. The number of amides is 1. The van der Waals surface area contributed by atoms with Crippen molar-refractivity contribution in [2.24, 2.45) is 11.8 Å². The number of ether oxygens (including phenoxy) is 1. The molecule has 4 atom stereocenters. The summed E-state index contributed by atoms with van der Waals surface area (Å²) >= 11 is 0. The molecule has 1 aliphatic rings. The van der Waals surface area contributed by atoms with E-state index in [1.165, 1.54) is 6.92 Å². The second kappa shape index (κ2) is 8.93. The molecular formula is C17H30N2O3. The van der Waals surface area contributed by atoms with Crippen LogP contribution in [-0.4, -0.2) is 36.6 Å². The number of nitrogens with one attached hydrogen (secondary N) is 2. The molecule has 0 aromatic rings. The molecule has 1 heterocycles. The van der Waals surface area contributed by atoms with Crippen LogP contribution in [0.5, 0.6) is 0 Å². The normalized spacial score (nSPS) is 26.4. The first-order chi connectivity index (χ1) is 10.4. The Morgan fingerprint density at radius 1 is 1.41 bits per heavy atom. The average Bonchev–Trinajstić information content (AvgIpc) is 2.81. The molecule has 2 N–H and O–H groups in total. The summed E-state index contributed by atoms with van der Waals surface area (Å²) in [5.41, 5.74) is 0. The fourth-order valence-corrected chi connectivity index (χ4v) is 3.17. The van der Waals surface area contributed by atoms with Crippen molar-refractivity contribution in [3.05, 3.63) is 12.2 Å². The molecule has 0 spiro atoms. The zero-order valence-electron chi connectivity index (χ0n) is 14.4. The minimum atomic E-state index is -0.297. The molecule has 0 aromatic carbocycles. The van der Waals surface area contributed by atoms with Crippen molar-refractivity contribution in [1.82, 2.24) is 10.6 Å². The van der Waals surface area contributed by atoms with Gasteiger partial charge in [0.25, 0.3) is 0 Å². The Morgan fingerprint density at radius 3 is 2.59 bits per heavy atom. The number of allylic oxidation sites excluding steroid dienone is 1. The lowest BCUT2D eigenvalue weighted by molar-refractivity contribution is -0.145. The van der Waals surface area contributed by atoms with Gasteiger partial charge in [-0.05, 0) is 38.5 Å². The second-order valence-electron chi connectivity index (χ2n) is 6.36. The van der Waals surface area contributed by atoms with Crippen LogP contribution in [0.2, 0.25) is 0 Å². The quantitative estimate of drug-likeness (QED) is 0.558. The lowest BCUT2D eigenvalue weighted by atomic mass is 9.88. The van der Waals surface area contributed by atoms with Crippen molar-refractivity contribution < 1.29 is 14.3 Å². The van der Waals surface area contributed by atoms with Crippen molar-refractivity contribution in [2.75, 3.05) is 6.61 Å². The molecule has 1 aliphatic heterocycles. The molecular weight excluding hydrogens is 280 g/mol. The smallest absolute Gasteiger partial charge is 0.323 e. The molecule has 0 bridgehead atoms. The van der Waals surface area contributed by atoms with Crippen molar-refractivity contribution in [2.45, 2.75) is 65.6 Å². The Morgan fingerprint density at radius 2 is 2.09 bits per heavy atom.